The summed E-state index contributed by atoms with van der Waals surface area (Å²) in [4.78, 5) is 45.4. The lowest BCUT2D eigenvalue weighted by Gasteiger charge is -2.23. The first-order valence-electron chi connectivity index (χ1n) is 12.1. The topological polar surface area (TPSA) is 116 Å². The van der Waals surface area contributed by atoms with Crippen molar-refractivity contribution in [2.75, 3.05) is 7.11 Å². The second-order valence-corrected chi connectivity index (χ2v) is 12.0. The standard InChI is InChI=1S/C14H15BrN2O2.C13H11BrN2O3.CH4/c1-14(2,19)8-5-12-16-11-6-9(15)3-4-10(11)13(18)17(12)7-8;1-19-13(18)7-4-11-15-10-5-8(14)2-3-9(10)12(17)16(11)6-7;/h3-4,6,8,19H,5,7H2,1-2H3;2-3,5,7H,4,6H2,1H3;1H4. The molecule has 0 bridgehead atoms. The van der Waals surface area contributed by atoms with Gasteiger partial charge in [-0.3, -0.25) is 23.5 Å². The van der Waals surface area contributed by atoms with Gasteiger partial charge in [-0.2, -0.15) is 0 Å². The van der Waals surface area contributed by atoms with E-state index in [0.29, 0.717) is 53.6 Å². The van der Waals surface area contributed by atoms with Gasteiger partial charge in [-0.25, -0.2) is 9.97 Å². The molecule has 0 saturated heterocycles. The number of carbonyl (C=O) groups is 1. The Bertz CT molecular complexity index is 1710. The van der Waals surface area contributed by atoms with Gasteiger partial charge in [0.1, 0.15) is 11.6 Å². The molecule has 2 aliphatic heterocycles. The fourth-order valence-corrected chi connectivity index (χ4v) is 5.67. The van der Waals surface area contributed by atoms with Crippen molar-refractivity contribution < 1.29 is 14.6 Å². The number of rotatable bonds is 2. The van der Waals surface area contributed by atoms with Crippen molar-refractivity contribution in [3.8, 4) is 0 Å². The van der Waals surface area contributed by atoms with Gasteiger partial charge in [0.2, 0.25) is 0 Å². The first-order valence-corrected chi connectivity index (χ1v) is 13.7. The maximum atomic E-state index is 12.4. The highest BCUT2D eigenvalue weighted by molar-refractivity contribution is 9.10. The number of aliphatic hydroxyl groups is 1. The smallest absolute Gasteiger partial charge is 0.310 e. The summed E-state index contributed by atoms with van der Waals surface area (Å²) in [6, 6.07) is 10.9. The molecule has 4 aromatic rings. The summed E-state index contributed by atoms with van der Waals surface area (Å²) in [5, 5.41) is 11.3. The van der Waals surface area contributed by atoms with Crippen molar-refractivity contribution in [3.63, 3.8) is 0 Å². The Hall–Kier alpha value is -2.89. The normalized spacial score (nSPS) is 17.7. The van der Waals surface area contributed by atoms with Crippen molar-refractivity contribution in [1.82, 2.24) is 19.1 Å². The van der Waals surface area contributed by atoms with Crippen molar-refractivity contribution in [3.05, 3.63) is 77.7 Å². The average molecular weight is 662 g/mol. The van der Waals surface area contributed by atoms with Gasteiger partial charge in [-0.15, -0.1) is 0 Å². The lowest BCUT2D eigenvalue weighted by atomic mass is 9.90. The first kappa shape index (κ1) is 29.1. The molecule has 206 valence electrons. The number of hydrogen-bond donors (Lipinski definition) is 1. The monoisotopic (exact) mass is 660 g/mol. The minimum absolute atomic E-state index is 0. The van der Waals surface area contributed by atoms with Crippen molar-refractivity contribution in [2.24, 2.45) is 11.8 Å². The number of benzene rings is 2. The van der Waals surface area contributed by atoms with Crippen LogP contribution >= 0.6 is 31.9 Å². The average Bonchev–Trinajstić information content (AvgIpc) is 3.49. The van der Waals surface area contributed by atoms with Crippen LogP contribution < -0.4 is 11.1 Å². The van der Waals surface area contributed by atoms with Crippen LogP contribution in [-0.2, 0) is 35.5 Å². The summed E-state index contributed by atoms with van der Waals surface area (Å²) in [7, 11) is 1.36. The van der Waals surface area contributed by atoms with E-state index in [-0.39, 0.29) is 36.4 Å². The fraction of sp³-hybridized carbons (Fsp3) is 0.393. The third kappa shape index (κ3) is 5.57. The summed E-state index contributed by atoms with van der Waals surface area (Å²) in [5.74, 6) is 0.835. The second kappa shape index (κ2) is 10.9. The second-order valence-electron chi connectivity index (χ2n) is 10.2. The summed E-state index contributed by atoms with van der Waals surface area (Å²) in [6.45, 7) is 4.45. The van der Waals surface area contributed by atoms with Crippen molar-refractivity contribution >= 4 is 59.6 Å². The molecule has 0 fully saturated rings. The largest absolute Gasteiger partial charge is 0.469 e. The van der Waals surface area contributed by atoms with Crippen LogP contribution in [0.5, 0.6) is 0 Å². The van der Waals surface area contributed by atoms with Crippen LogP contribution in [0.2, 0.25) is 0 Å². The fourth-order valence-electron chi connectivity index (χ4n) is 4.98. The molecule has 0 radical (unpaired) electrons. The quantitative estimate of drug-likeness (QED) is 0.320. The molecule has 2 unspecified atom stereocenters. The Labute approximate surface area is 242 Å². The molecular weight excluding hydrogens is 632 g/mol. The van der Waals surface area contributed by atoms with E-state index in [1.165, 1.54) is 7.11 Å². The Morgan fingerprint density at radius 2 is 1.41 bits per heavy atom. The molecule has 0 saturated carbocycles. The molecule has 0 aliphatic carbocycles. The molecule has 4 heterocycles. The third-order valence-electron chi connectivity index (χ3n) is 7.19. The highest BCUT2D eigenvalue weighted by Crippen LogP contribution is 2.28. The molecule has 1 N–H and O–H groups in total. The van der Waals surface area contributed by atoms with E-state index in [1.54, 1.807) is 35.1 Å². The molecule has 2 atom stereocenters. The van der Waals surface area contributed by atoms with E-state index in [1.807, 2.05) is 24.3 Å². The van der Waals surface area contributed by atoms with Gasteiger partial charge in [0.15, 0.2) is 0 Å². The summed E-state index contributed by atoms with van der Waals surface area (Å²) < 4.78 is 9.78. The van der Waals surface area contributed by atoms with E-state index in [4.69, 9.17) is 4.74 Å². The predicted octanol–water partition coefficient (Wildman–Crippen LogP) is 4.24. The number of halogens is 2. The Morgan fingerprint density at radius 3 is 1.90 bits per heavy atom. The number of fused-ring (bicyclic) bond motifs is 4. The van der Waals surface area contributed by atoms with Gasteiger partial charge in [-0.05, 0) is 50.2 Å². The zero-order valence-corrected chi connectivity index (χ0v) is 24.2. The van der Waals surface area contributed by atoms with Gasteiger partial charge < -0.3 is 9.84 Å². The van der Waals surface area contributed by atoms with Crippen LogP contribution in [0.4, 0.5) is 0 Å². The highest BCUT2D eigenvalue weighted by Gasteiger charge is 2.34. The minimum Gasteiger partial charge on any atom is -0.469 e. The van der Waals surface area contributed by atoms with E-state index >= 15 is 0 Å². The van der Waals surface area contributed by atoms with Crippen molar-refractivity contribution in [2.45, 2.75) is 52.8 Å². The zero-order valence-electron chi connectivity index (χ0n) is 21.1. The maximum absolute atomic E-state index is 12.4. The van der Waals surface area contributed by atoms with Crippen LogP contribution in [0.25, 0.3) is 21.8 Å². The summed E-state index contributed by atoms with van der Waals surface area (Å²) in [6.07, 6.45) is 1.09. The molecule has 39 heavy (non-hydrogen) atoms. The number of ether oxygens (including phenoxy) is 1. The van der Waals surface area contributed by atoms with E-state index in [9.17, 15) is 19.5 Å². The molecule has 0 amide bonds. The zero-order chi connectivity index (χ0) is 27.4. The predicted molar refractivity (Wildman–Crippen MR) is 157 cm³/mol. The first-order chi connectivity index (χ1) is 18.0. The van der Waals surface area contributed by atoms with Gasteiger partial charge in [-0.1, -0.05) is 39.3 Å². The maximum Gasteiger partial charge on any atom is 0.310 e. The molecule has 11 heteroatoms. The van der Waals surface area contributed by atoms with Crippen LogP contribution in [0, 0.1) is 11.8 Å². The molecule has 2 aromatic carbocycles. The highest BCUT2D eigenvalue weighted by atomic mass is 79.9. The summed E-state index contributed by atoms with van der Waals surface area (Å²) >= 11 is 6.75. The van der Waals surface area contributed by atoms with Crippen LogP contribution in [-0.4, -0.2) is 42.9 Å². The molecule has 0 spiro atoms. The molecule has 9 nitrogen and oxygen atoms in total. The van der Waals surface area contributed by atoms with Crippen molar-refractivity contribution in [1.29, 1.82) is 0 Å². The number of methoxy groups -OCH3 is 1. The number of esters is 1. The lowest BCUT2D eigenvalue weighted by Crippen LogP contribution is -2.32. The van der Waals surface area contributed by atoms with Gasteiger partial charge in [0.05, 0.1) is 40.4 Å². The molecular formula is C28H30Br2N4O5. The number of aromatic nitrogens is 4. The van der Waals surface area contributed by atoms with E-state index < -0.39 is 5.60 Å². The minimum atomic E-state index is -0.799. The Kier molecular flexibility index (Phi) is 8.16. The Balaban J connectivity index is 0.000000176. The Morgan fingerprint density at radius 1 is 0.923 bits per heavy atom. The molecule has 2 aromatic heterocycles. The SMILES string of the molecule is C.CC(C)(O)C1Cc2nc3cc(Br)ccc3c(=O)n2C1.COC(=O)C1Cc2nc3cc(Br)ccc3c(=O)n2C1. The summed E-state index contributed by atoms with van der Waals surface area (Å²) in [5.41, 5.74) is 0.448. The van der Waals surface area contributed by atoms with E-state index in [2.05, 4.69) is 41.8 Å². The van der Waals surface area contributed by atoms with Gasteiger partial charge in [0.25, 0.3) is 11.1 Å². The van der Waals surface area contributed by atoms with Gasteiger partial charge in [0, 0.05) is 40.8 Å². The number of hydrogen-bond acceptors (Lipinski definition) is 7. The number of nitrogens with zero attached hydrogens (tertiary/aromatic N) is 4. The van der Waals surface area contributed by atoms with E-state index in [0.717, 1.165) is 14.8 Å². The third-order valence-corrected chi connectivity index (χ3v) is 8.18. The lowest BCUT2D eigenvalue weighted by molar-refractivity contribution is -0.145. The van der Waals surface area contributed by atoms with Crippen LogP contribution in [0.15, 0.2) is 54.9 Å². The van der Waals surface area contributed by atoms with Gasteiger partial charge >= 0.3 is 5.97 Å². The van der Waals surface area contributed by atoms with Crippen LogP contribution in [0.1, 0.15) is 32.9 Å². The molecule has 6 rings (SSSR count). The number of carbonyl (C=O) groups excluding carboxylic acids is 1. The molecule has 2 aliphatic rings. The van der Waals surface area contributed by atoms with Crippen LogP contribution in [0.3, 0.4) is 0 Å².